The molecule has 0 aromatic heterocycles. The number of anilines is 1. The third-order valence-electron chi connectivity index (χ3n) is 5.31. The van der Waals surface area contributed by atoms with Crippen LogP contribution in [0.1, 0.15) is 27.1 Å². The highest BCUT2D eigenvalue weighted by molar-refractivity contribution is 6.36. The first kappa shape index (κ1) is 23.6. The fraction of sp³-hybridized carbons (Fsp3) is 0.0833. The lowest BCUT2D eigenvalue weighted by Gasteiger charge is -2.28. The van der Waals surface area contributed by atoms with Crippen LogP contribution in [0.5, 0.6) is 0 Å². The molecule has 0 bridgehead atoms. The van der Waals surface area contributed by atoms with E-state index >= 15 is 0 Å². The molecule has 11 heteroatoms. The van der Waals surface area contributed by atoms with E-state index in [0.29, 0.717) is 0 Å². The monoisotopic (exact) mass is 492 g/mol. The molecule has 176 valence electrons. The molecule has 1 unspecified atom stereocenters. The third-order valence-corrected chi connectivity index (χ3v) is 5.63. The summed E-state index contributed by atoms with van der Waals surface area (Å²) in [6.45, 7) is 0. The molecule has 3 aromatic carbocycles. The number of non-ortho nitro benzene ring substituents is 1. The van der Waals surface area contributed by atoms with Gasteiger partial charge < -0.3 is 0 Å². The second kappa shape index (κ2) is 9.74. The molecule has 10 nitrogen and oxygen atoms in total. The van der Waals surface area contributed by atoms with E-state index in [1.165, 1.54) is 42.5 Å². The highest BCUT2D eigenvalue weighted by Crippen LogP contribution is 2.31. The minimum atomic E-state index is -1.37. The van der Waals surface area contributed by atoms with Gasteiger partial charge in [-0.25, -0.2) is 9.91 Å². The van der Waals surface area contributed by atoms with Gasteiger partial charge in [-0.3, -0.25) is 34.7 Å². The van der Waals surface area contributed by atoms with Crippen molar-refractivity contribution in [3.63, 3.8) is 0 Å². The number of imide groups is 1. The van der Waals surface area contributed by atoms with Crippen LogP contribution in [0.4, 0.5) is 11.4 Å². The number of hydrazine groups is 1. The molecular formula is C24H17ClN4O6. The molecule has 3 aromatic rings. The summed E-state index contributed by atoms with van der Waals surface area (Å²) >= 11 is 6.17. The van der Waals surface area contributed by atoms with Crippen LogP contribution in [0.2, 0.25) is 5.02 Å². The van der Waals surface area contributed by atoms with Crippen molar-refractivity contribution in [2.45, 2.75) is 12.5 Å². The molecule has 1 atom stereocenters. The number of halogens is 1. The summed E-state index contributed by atoms with van der Waals surface area (Å²) in [6, 6.07) is 17.6. The predicted octanol–water partition coefficient (Wildman–Crippen LogP) is 3.37. The molecule has 1 aliphatic rings. The largest absolute Gasteiger partial charge is 0.274 e. The molecule has 0 saturated carbocycles. The SMILES string of the molecule is O=C(NN(C(=O)c1ccccc1)C1CC(=O)N(c2ccccc2Cl)C1=O)c1cccc([N+](=O)[O-])c1. The Hall–Kier alpha value is -4.57. The van der Waals surface area contributed by atoms with E-state index in [-0.39, 0.29) is 27.5 Å². The summed E-state index contributed by atoms with van der Waals surface area (Å²) in [6.07, 6.45) is -0.405. The van der Waals surface area contributed by atoms with E-state index < -0.39 is 41.0 Å². The Labute approximate surface area is 203 Å². The van der Waals surface area contributed by atoms with Gasteiger partial charge >= 0.3 is 0 Å². The van der Waals surface area contributed by atoms with Crippen molar-refractivity contribution in [1.82, 2.24) is 10.4 Å². The lowest BCUT2D eigenvalue weighted by Crippen LogP contribution is -2.54. The lowest BCUT2D eigenvalue weighted by molar-refractivity contribution is -0.384. The van der Waals surface area contributed by atoms with Crippen molar-refractivity contribution >= 4 is 46.6 Å². The van der Waals surface area contributed by atoms with Crippen molar-refractivity contribution in [3.8, 4) is 0 Å². The van der Waals surface area contributed by atoms with Crippen LogP contribution >= 0.6 is 11.6 Å². The fourth-order valence-electron chi connectivity index (χ4n) is 3.63. The Morgan fingerprint density at radius 1 is 0.971 bits per heavy atom. The van der Waals surface area contributed by atoms with E-state index in [0.717, 1.165) is 16.0 Å². The zero-order valence-electron chi connectivity index (χ0n) is 18.0. The highest BCUT2D eigenvalue weighted by Gasteiger charge is 2.46. The van der Waals surface area contributed by atoms with Crippen molar-refractivity contribution in [3.05, 3.63) is 105 Å². The summed E-state index contributed by atoms with van der Waals surface area (Å²) in [4.78, 5) is 63.7. The minimum Gasteiger partial charge on any atom is -0.274 e. The number of nitrogens with one attached hydrogen (secondary N) is 1. The Morgan fingerprint density at radius 3 is 2.31 bits per heavy atom. The van der Waals surface area contributed by atoms with Crippen molar-refractivity contribution in [1.29, 1.82) is 0 Å². The van der Waals surface area contributed by atoms with E-state index in [9.17, 15) is 29.3 Å². The highest BCUT2D eigenvalue weighted by atomic mass is 35.5. The topological polar surface area (TPSA) is 130 Å². The number of hydrogen-bond acceptors (Lipinski definition) is 6. The molecule has 1 fully saturated rings. The summed E-state index contributed by atoms with van der Waals surface area (Å²) in [5.41, 5.74) is 2.25. The van der Waals surface area contributed by atoms with E-state index in [1.807, 2.05) is 0 Å². The molecule has 1 N–H and O–H groups in total. The summed E-state index contributed by atoms with van der Waals surface area (Å²) in [5.74, 6) is -2.97. The first-order valence-corrected chi connectivity index (χ1v) is 10.7. The fourth-order valence-corrected chi connectivity index (χ4v) is 3.85. The molecule has 1 heterocycles. The van der Waals surface area contributed by atoms with Crippen LogP contribution in [0, 0.1) is 10.1 Å². The average molecular weight is 493 g/mol. The Balaban J connectivity index is 1.69. The number of nitrogens with zero attached hydrogens (tertiary/aromatic N) is 3. The normalized spacial score (nSPS) is 15.1. The molecule has 4 rings (SSSR count). The van der Waals surface area contributed by atoms with Crippen LogP contribution in [0.3, 0.4) is 0 Å². The summed E-state index contributed by atoms with van der Waals surface area (Å²) in [7, 11) is 0. The second-order valence-corrected chi connectivity index (χ2v) is 7.94. The van der Waals surface area contributed by atoms with Crippen LogP contribution in [0.15, 0.2) is 78.9 Å². The lowest BCUT2D eigenvalue weighted by atomic mass is 10.1. The standard InChI is InChI=1S/C24H17ClN4O6/c25-18-11-4-5-12-19(18)27-21(30)14-20(24(27)33)28(23(32)15-7-2-1-3-8-15)26-22(31)16-9-6-10-17(13-16)29(34)35/h1-13,20H,14H2,(H,26,31). The predicted molar refractivity (Wildman–Crippen MR) is 126 cm³/mol. The molecule has 1 saturated heterocycles. The molecule has 1 aliphatic heterocycles. The molecule has 0 radical (unpaired) electrons. The maximum Gasteiger partial charge on any atom is 0.273 e. The van der Waals surface area contributed by atoms with Crippen LogP contribution in [-0.2, 0) is 9.59 Å². The van der Waals surface area contributed by atoms with E-state index in [2.05, 4.69) is 5.43 Å². The van der Waals surface area contributed by atoms with E-state index in [1.54, 1.807) is 30.3 Å². The average Bonchev–Trinajstić information content (AvgIpc) is 3.16. The first-order valence-electron chi connectivity index (χ1n) is 10.3. The number of carbonyl (C=O) groups excluding carboxylic acids is 4. The van der Waals surface area contributed by atoms with Gasteiger partial charge in [-0.05, 0) is 30.3 Å². The number of carbonyl (C=O) groups is 4. The van der Waals surface area contributed by atoms with Gasteiger partial charge in [0, 0.05) is 23.3 Å². The van der Waals surface area contributed by atoms with E-state index in [4.69, 9.17) is 11.6 Å². The van der Waals surface area contributed by atoms with Crippen molar-refractivity contribution in [2.24, 2.45) is 0 Å². The number of rotatable bonds is 5. The zero-order valence-corrected chi connectivity index (χ0v) is 18.7. The maximum atomic E-state index is 13.3. The second-order valence-electron chi connectivity index (χ2n) is 7.53. The van der Waals surface area contributed by atoms with Gasteiger partial charge in [-0.2, -0.15) is 0 Å². The summed E-state index contributed by atoms with van der Waals surface area (Å²) in [5, 5.41) is 12.0. The molecule has 35 heavy (non-hydrogen) atoms. The quantitative estimate of drug-likeness (QED) is 0.330. The smallest absolute Gasteiger partial charge is 0.273 e. The Bertz CT molecular complexity index is 1350. The number of hydrogen-bond donors (Lipinski definition) is 1. The van der Waals surface area contributed by atoms with Gasteiger partial charge in [-0.15, -0.1) is 0 Å². The minimum absolute atomic E-state index is 0.107. The van der Waals surface area contributed by atoms with Gasteiger partial charge in [0.05, 0.1) is 22.1 Å². The van der Waals surface area contributed by atoms with Gasteiger partial charge in [0.2, 0.25) is 5.91 Å². The van der Waals surface area contributed by atoms with Crippen LogP contribution in [-0.4, -0.2) is 39.6 Å². The van der Waals surface area contributed by atoms with Crippen molar-refractivity contribution < 1.29 is 24.1 Å². The van der Waals surface area contributed by atoms with Gasteiger partial charge in [0.25, 0.3) is 23.4 Å². The first-order chi connectivity index (χ1) is 16.8. The molecule has 0 spiro atoms. The number of amides is 4. The zero-order chi connectivity index (χ0) is 25.1. The number of para-hydroxylation sites is 1. The molecule has 4 amide bonds. The third kappa shape index (κ3) is 4.73. The summed E-state index contributed by atoms with van der Waals surface area (Å²) < 4.78 is 0. The van der Waals surface area contributed by atoms with Crippen molar-refractivity contribution in [2.75, 3.05) is 4.90 Å². The molecular weight excluding hydrogens is 476 g/mol. The van der Waals surface area contributed by atoms with Crippen LogP contribution in [0.25, 0.3) is 0 Å². The van der Waals surface area contributed by atoms with Gasteiger partial charge in [0.1, 0.15) is 6.04 Å². The maximum absolute atomic E-state index is 13.3. The van der Waals surface area contributed by atoms with Gasteiger partial charge in [-0.1, -0.05) is 48.0 Å². The van der Waals surface area contributed by atoms with Gasteiger partial charge in [0.15, 0.2) is 0 Å². The number of nitro groups is 1. The Morgan fingerprint density at radius 2 is 1.63 bits per heavy atom. The number of nitro benzene ring substituents is 1. The van der Waals surface area contributed by atoms with Crippen LogP contribution < -0.4 is 10.3 Å². The number of benzene rings is 3. The Kier molecular flexibility index (Phi) is 6.56. The molecule has 0 aliphatic carbocycles.